The fraction of sp³-hybridized carbons (Fsp3) is 0.762. The van der Waals surface area contributed by atoms with Gasteiger partial charge in [-0.2, -0.15) is 0 Å². The van der Waals surface area contributed by atoms with Crippen molar-refractivity contribution in [1.29, 1.82) is 0 Å². The summed E-state index contributed by atoms with van der Waals surface area (Å²) in [7, 11) is 0. The van der Waals surface area contributed by atoms with Gasteiger partial charge < -0.3 is 20.3 Å². The number of piperidine rings is 1. The van der Waals surface area contributed by atoms with Crippen molar-refractivity contribution in [1.82, 2.24) is 20.4 Å². The largest absolute Gasteiger partial charge is 0.379 e. The molecule has 3 rings (SSSR count). The van der Waals surface area contributed by atoms with Crippen molar-refractivity contribution in [3.05, 3.63) is 22.4 Å². The molecule has 1 aromatic rings. The Morgan fingerprint density at radius 1 is 1.21 bits per heavy atom. The summed E-state index contributed by atoms with van der Waals surface area (Å²) in [6.45, 7) is 14.3. The van der Waals surface area contributed by atoms with Crippen molar-refractivity contribution >= 4 is 41.3 Å². The Balaban J connectivity index is 0.00000300. The van der Waals surface area contributed by atoms with Gasteiger partial charge in [0.2, 0.25) is 0 Å². The number of aliphatic imine (C=N–C) groups is 1. The Morgan fingerprint density at radius 3 is 2.52 bits per heavy atom. The van der Waals surface area contributed by atoms with Gasteiger partial charge >= 0.3 is 0 Å². The van der Waals surface area contributed by atoms with Gasteiger partial charge in [-0.05, 0) is 45.1 Å². The van der Waals surface area contributed by atoms with E-state index in [0.29, 0.717) is 18.1 Å². The van der Waals surface area contributed by atoms with Crippen LogP contribution in [0.2, 0.25) is 0 Å². The maximum absolute atomic E-state index is 5.55. The molecular formula is C21H38IN5OS. The second kappa shape index (κ2) is 13.1. The first kappa shape index (κ1) is 24.8. The zero-order chi connectivity index (χ0) is 19.8. The van der Waals surface area contributed by atoms with Gasteiger partial charge in [0.05, 0.1) is 25.8 Å². The molecule has 1 atom stereocenters. The lowest BCUT2D eigenvalue weighted by atomic mass is 10.0. The van der Waals surface area contributed by atoms with E-state index in [4.69, 9.17) is 9.73 Å². The molecule has 29 heavy (non-hydrogen) atoms. The molecule has 0 radical (unpaired) electrons. The molecule has 2 fully saturated rings. The lowest BCUT2D eigenvalue weighted by molar-refractivity contribution is 0.0186. The van der Waals surface area contributed by atoms with Crippen LogP contribution in [-0.4, -0.2) is 80.3 Å². The minimum Gasteiger partial charge on any atom is -0.379 e. The molecule has 1 unspecified atom stereocenters. The molecule has 0 spiro atoms. The zero-order valence-corrected chi connectivity index (χ0v) is 21.2. The smallest absolute Gasteiger partial charge is 0.191 e. The third-order valence-electron chi connectivity index (χ3n) is 5.73. The van der Waals surface area contributed by atoms with E-state index in [-0.39, 0.29) is 24.0 Å². The topological polar surface area (TPSA) is 52.1 Å². The second-order valence-corrected chi connectivity index (χ2v) is 8.93. The number of ether oxygens (including phenoxy) is 1. The zero-order valence-electron chi connectivity index (χ0n) is 18.1. The van der Waals surface area contributed by atoms with Crippen LogP contribution in [0, 0.1) is 0 Å². The lowest BCUT2D eigenvalue weighted by Crippen LogP contribution is -2.50. The average Bonchev–Trinajstić information content (AvgIpc) is 3.24. The second-order valence-electron chi connectivity index (χ2n) is 7.95. The maximum atomic E-state index is 5.55. The molecule has 3 heterocycles. The number of hydrogen-bond donors (Lipinski definition) is 2. The fourth-order valence-corrected chi connectivity index (χ4v) is 4.86. The van der Waals surface area contributed by atoms with Crippen LogP contribution in [0.15, 0.2) is 22.5 Å². The molecule has 0 saturated carbocycles. The lowest BCUT2D eigenvalue weighted by Gasteiger charge is -2.35. The minimum absolute atomic E-state index is 0. The molecule has 0 amide bonds. The van der Waals surface area contributed by atoms with Gasteiger partial charge in [0.25, 0.3) is 0 Å². The first-order valence-electron chi connectivity index (χ1n) is 10.8. The van der Waals surface area contributed by atoms with E-state index in [1.807, 2.05) is 11.3 Å². The van der Waals surface area contributed by atoms with E-state index < -0.39 is 0 Å². The highest BCUT2D eigenvalue weighted by molar-refractivity contribution is 14.0. The van der Waals surface area contributed by atoms with Crippen LogP contribution in [0.25, 0.3) is 0 Å². The summed E-state index contributed by atoms with van der Waals surface area (Å²) in [4.78, 5) is 11.5. The van der Waals surface area contributed by atoms with Crippen molar-refractivity contribution in [2.45, 2.75) is 51.7 Å². The number of likely N-dealkylation sites (tertiary alicyclic amines) is 1. The first-order valence-corrected chi connectivity index (χ1v) is 11.7. The van der Waals surface area contributed by atoms with Crippen LogP contribution in [0.5, 0.6) is 0 Å². The summed E-state index contributed by atoms with van der Waals surface area (Å²) in [5.74, 6) is 0.959. The summed E-state index contributed by atoms with van der Waals surface area (Å²) in [5.41, 5.74) is 0. The number of nitrogens with one attached hydrogen (secondary N) is 2. The van der Waals surface area contributed by atoms with E-state index >= 15 is 0 Å². The Hall–Kier alpha value is -0.420. The standard InChI is InChI=1S/C21H37N5OS.HI/c1-4-22-21(24-18-7-9-25(10-8-18)17(2)3)23-16-19(20-6-5-15-28-20)26-11-13-27-14-12-26;/h5-6,15,17-19H,4,7-14,16H2,1-3H3,(H2,22,23,24);1H. The number of guanidine groups is 1. The predicted octanol–water partition coefficient (Wildman–Crippen LogP) is 3.17. The van der Waals surface area contributed by atoms with Crippen LogP contribution in [0.1, 0.15) is 44.5 Å². The molecule has 6 nitrogen and oxygen atoms in total. The molecule has 0 bridgehead atoms. The average molecular weight is 536 g/mol. The molecule has 166 valence electrons. The highest BCUT2D eigenvalue weighted by Crippen LogP contribution is 2.26. The molecular weight excluding hydrogens is 497 g/mol. The van der Waals surface area contributed by atoms with Crippen molar-refractivity contribution < 1.29 is 4.74 Å². The van der Waals surface area contributed by atoms with Crippen LogP contribution >= 0.6 is 35.3 Å². The van der Waals surface area contributed by atoms with E-state index in [1.165, 1.54) is 30.8 Å². The van der Waals surface area contributed by atoms with Gasteiger partial charge in [0.15, 0.2) is 5.96 Å². The molecule has 2 aliphatic rings. The number of morpholine rings is 1. The van der Waals surface area contributed by atoms with Crippen LogP contribution in [-0.2, 0) is 4.74 Å². The number of rotatable bonds is 7. The Morgan fingerprint density at radius 2 is 1.93 bits per heavy atom. The van der Waals surface area contributed by atoms with E-state index in [1.54, 1.807) is 0 Å². The summed E-state index contributed by atoms with van der Waals surface area (Å²) in [6, 6.07) is 5.87. The fourth-order valence-electron chi connectivity index (χ4n) is 4.01. The van der Waals surface area contributed by atoms with Crippen molar-refractivity contribution in [2.24, 2.45) is 4.99 Å². The molecule has 0 aromatic carbocycles. The van der Waals surface area contributed by atoms with Crippen LogP contribution < -0.4 is 10.6 Å². The predicted molar refractivity (Wildman–Crippen MR) is 134 cm³/mol. The van der Waals surface area contributed by atoms with Gasteiger partial charge in [-0.15, -0.1) is 35.3 Å². The SMILES string of the molecule is CCNC(=NCC(c1cccs1)N1CCOCC1)NC1CCN(C(C)C)CC1.I. The number of hydrogen-bond acceptors (Lipinski definition) is 5. The Bertz CT molecular complexity index is 584. The number of nitrogens with zero attached hydrogens (tertiary/aromatic N) is 3. The van der Waals surface area contributed by atoms with Gasteiger partial charge in [-0.25, -0.2) is 0 Å². The van der Waals surface area contributed by atoms with E-state index in [0.717, 1.165) is 45.4 Å². The molecule has 1 aromatic heterocycles. The third kappa shape index (κ3) is 7.65. The normalized spacial score (nSPS) is 21.0. The highest BCUT2D eigenvalue weighted by Gasteiger charge is 2.24. The number of thiophene rings is 1. The molecule has 8 heteroatoms. The summed E-state index contributed by atoms with van der Waals surface area (Å²) < 4.78 is 5.55. The van der Waals surface area contributed by atoms with Gasteiger partial charge in [0, 0.05) is 49.7 Å². The van der Waals surface area contributed by atoms with Crippen LogP contribution in [0.3, 0.4) is 0 Å². The van der Waals surface area contributed by atoms with Crippen molar-refractivity contribution in [3.63, 3.8) is 0 Å². The third-order valence-corrected chi connectivity index (χ3v) is 6.70. The molecule has 0 aliphatic carbocycles. The summed E-state index contributed by atoms with van der Waals surface area (Å²) in [6.07, 6.45) is 2.36. The van der Waals surface area contributed by atoms with Gasteiger partial charge in [-0.1, -0.05) is 6.07 Å². The van der Waals surface area contributed by atoms with Crippen molar-refractivity contribution in [2.75, 3.05) is 52.5 Å². The van der Waals surface area contributed by atoms with Gasteiger partial charge in [0.1, 0.15) is 0 Å². The molecule has 2 saturated heterocycles. The Labute approximate surface area is 197 Å². The Kier molecular flexibility index (Phi) is 11.2. The summed E-state index contributed by atoms with van der Waals surface area (Å²) >= 11 is 1.83. The van der Waals surface area contributed by atoms with E-state index in [9.17, 15) is 0 Å². The van der Waals surface area contributed by atoms with Crippen LogP contribution in [0.4, 0.5) is 0 Å². The monoisotopic (exact) mass is 535 g/mol. The number of halogens is 1. The maximum Gasteiger partial charge on any atom is 0.191 e. The highest BCUT2D eigenvalue weighted by atomic mass is 127. The van der Waals surface area contributed by atoms with Crippen molar-refractivity contribution in [3.8, 4) is 0 Å². The summed E-state index contributed by atoms with van der Waals surface area (Å²) in [5, 5.41) is 9.31. The first-order chi connectivity index (χ1) is 13.7. The quantitative estimate of drug-likeness (QED) is 0.319. The molecule has 2 aliphatic heterocycles. The molecule has 2 N–H and O–H groups in total. The minimum atomic E-state index is 0. The van der Waals surface area contributed by atoms with E-state index in [2.05, 4.69) is 58.7 Å². The van der Waals surface area contributed by atoms with Gasteiger partial charge in [-0.3, -0.25) is 9.89 Å².